The number of benzene rings is 1. The summed E-state index contributed by atoms with van der Waals surface area (Å²) in [6.07, 6.45) is 0.986. The number of nitrogens with zero attached hydrogens (tertiary/aromatic N) is 1. The number of methoxy groups -OCH3 is 2. The Morgan fingerprint density at radius 2 is 1.95 bits per heavy atom. The number of hydrogen-bond donors (Lipinski definition) is 1. The molecular weight excluding hydrogens is 240 g/mol. The van der Waals surface area contributed by atoms with E-state index in [0.29, 0.717) is 6.04 Å². The molecule has 1 unspecified atom stereocenters. The molecule has 0 saturated carbocycles. The van der Waals surface area contributed by atoms with Gasteiger partial charge in [-0.05, 0) is 37.1 Å². The topological polar surface area (TPSA) is 33.7 Å². The van der Waals surface area contributed by atoms with Gasteiger partial charge in [0.15, 0.2) is 0 Å². The quantitative estimate of drug-likeness (QED) is 0.874. The van der Waals surface area contributed by atoms with Crippen molar-refractivity contribution in [3.63, 3.8) is 0 Å². The van der Waals surface area contributed by atoms with Crippen LogP contribution in [0.15, 0.2) is 18.2 Å². The van der Waals surface area contributed by atoms with Gasteiger partial charge in [0.2, 0.25) is 0 Å². The SMILES string of the molecule is COc1ccc(OC)c(CC(C)N2CCNCC2)c1. The van der Waals surface area contributed by atoms with E-state index < -0.39 is 0 Å². The summed E-state index contributed by atoms with van der Waals surface area (Å²) in [4.78, 5) is 2.52. The third-order valence-corrected chi connectivity index (χ3v) is 3.78. The molecule has 1 fully saturated rings. The van der Waals surface area contributed by atoms with Gasteiger partial charge in [-0.2, -0.15) is 0 Å². The molecule has 0 aromatic heterocycles. The van der Waals surface area contributed by atoms with Gasteiger partial charge in [0.05, 0.1) is 14.2 Å². The highest BCUT2D eigenvalue weighted by Gasteiger charge is 2.18. The lowest BCUT2D eigenvalue weighted by Crippen LogP contribution is -2.48. The second-order valence-corrected chi connectivity index (χ2v) is 5.02. The van der Waals surface area contributed by atoms with Crippen LogP contribution in [0.2, 0.25) is 0 Å². The van der Waals surface area contributed by atoms with Crippen molar-refractivity contribution in [1.29, 1.82) is 0 Å². The van der Waals surface area contributed by atoms with Crippen LogP contribution in [0.3, 0.4) is 0 Å². The normalized spacial score (nSPS) is 18.1. The van der Waals surface area contributed by atoms with E-state index in [1.807, 2.05) is 12.1 Å². The first-order valence-electron chi connectivity index (χ1n) is 6.90. The highest BCUT2D eigenvalue weighted by atomic mass is 16.5. The van der Waals surface area contributed by atoms with Crippen LogP contribution >= 0.6 is 0 Å². The van der Waals surface area contributed by atoms with Crippen LogP contribution in [0, 0.1) is 0 Å². The average Bonchev–Trinajstić information content (AvgIpc) is 2.48. The van der Waals surface area contributed by atoms with Crippen molar-refractivity contribution in [2.45, 2.75) is 19.4 Å². The lowest BCUT2D eigenvalue weighted by atomic mass is 10.0. The van der Waals surface area contributed by atoms with Crippen LogP contribution in [-0.2, 0) is 6.42 Å². The van der Waals surface area contributed by atoms with Crippen LogP contribution in [0.5, 0.6) is 11.5 Å². The Morgan fingerprint density at radius 3 is 2.58 bits per heavy atom. The van der Waals surface area contributed by atoms with Crippen LogP contribution in [-0.4, -0.2) is 51.3 Å². The molecule has 1 aliphatic rings. The number of ether oxygens (including phenoxy) is 2. The number of hydrogen-bond acceptors (Lipinski definition) is 4. The molecule has 0 amide bonds. The second-order valence-electron chi connectivity index (χ2n) is 5.02. The third-order valence-electron chi connectivity index (χ3n) is 3.78. The fraction of sp³-hybridized carbons (Fsp3) is 0.600. The average molecular weight is 264 g/mol. The van der Waals surface area contributed by atoms with Gasteiger partial charge in [-0.3, -0.25) is 4.90 Å². The van der Waals surface area contributed by atoms with Crippen molar-refractivity contribution in [3.05, 3.63) is 23.8 Å². The van der Waals surface area contributed by atoms with Crippen molar-refractivity contribution in [1.82, 2.24) is 10.2 Å². The predicted molar refractivity (Wildman–Crippen MR) is 77.2 cm³/mol. The summed E-state index contributed by atoms with van der Waals surface area (Å²) in [6, 6.07) is 6.52. The fourth-order valence-electron chi connectivity index (χ4n) is 2.61. The van der Waals surface area contributed by atoms with Crippen LogP contribution in [0.4, 0.5) is 0 Å². The number of rotatable bonds is 5. The van der Waals surface area contributed by atoms with Gasteiger partial charge >= 0.3 is 0 Å². The molecule has 0 spiro atoms. The molecule has 106 valence electrons. The Bertz CT molecular complexity index is 403. The minimum absolute atomic E-state index is 0.517. The highest BCUT2D eigenvalue weighted by molar-refractivity contribution is 5.40. The number of piperazine rings is 1. The van der Waals surface area contributed by atoms with Gasteiger partial charge in [0.25, 0.3) is 0 Å². The molecule has 0 bridgehead atoms. The molecule has 0 radical (unpaired) electrons. The summed E-state index contributed by atoms with van der Waals surface area (Å²) in [5.41, 5.74) is 1.22. The van der Waals surface area contributed by atoms with Crippen LogP contribution < -0.4 is 14.8 Å². The van der Waals surface area contributed by atoms with Crippen molar-refractivity contribution in [3.8, 4) is 11.5 Å². The van der Waals surface area contributed by atoms with E-state index >= 15 is 0 Å². The van der Waals surface area contributed by atoms with Crippen molar-refractivity contribution >= 4 is 0 Å². The molecule has 1 heterocycles. The van der Waals surface area contributed by atoms with E-state index in [4.69, 9.17) is 9.47 Å². The van der Waals surface area contributed by atoms with E-state index in [2.05, 4.69) is 23.2 Å². The molecule has 1 aliphatic heterocycles. The molecule has 1 N–H and O–H groups in total. The van der Waals surface area contributed by atoms with Gasteiger partial charge in [-0.25, -0.2) is 0 Å². The maximum atomic E-state index is 5.45. The monoisotopic (exact) mass is 264 g/mol. The first kappa shape index (κ1) is 14.2. The highest BCUT2D eigenvalue weighted by Crippen LogP contribution is 2.26. The summed E-state index contributed by atoms with van der Waals surface area (Å²) in [5.74, 6) is 1.84. The van der Waals surface area contributed by atoms with Gasteiger partial charge in [-0.15, -0.1) is 0 Å². The molecule has 0 aliphatic carbocycles. The zero-order valence-corrected chi connectivity index (χ0v) is 12.1. The Balaban J connectivity index is 2.07. The van der Waals surface area contributed by atoms with Crippen molar-refractivity contribution in [2.24, 2.45) is 0 Å². The molecule has 4 heteroatoms. The van der Waals surface area contributed by atoms with E-state index in [-0.39, 0.29) is 0 Å². The van der Waals surface area contributed by atoms with Crippen molar-refractivity contribution in [2.75, 3.05) is 40.4 Å². The molecule has 1 aromatic rings. The minimum Gasteiger partial charge on any atom is -0.497 e. The van der Waals surface area contributed by atoms with Gasteiger partial charge in [-0.1, -0.05) is 0 Å². The van der Waals surface area contributed by atoms with Gasteiger partial charge in [0, 0.05) is 32.2 Å². The van der Waals surface area contributed by atoms with E-state index in [9.17, 15) is 0 Å². The van der Waals surface area contributed by atoms with Crippen LogP contribution in [0.25, 0.3) is 0 Å². The number of nitrogens with one attached hydrogen (secondary N) is 1. The predicted octanol–water partition coefficient (Wildman–Crippen LogP) is 1.54. The summed E-state index contributed by atoms with van der Waals surface area (Å²) in [7, 11) is 3.42. The molecule has 1 saturated heterocycles. The summed E-state index contributed by atoms with van der Waals surface area (Å²) in [6.45, 7) is 6.68. The molecule has 1 atom stereocenters. The van der Waals surface area contributed by atoms with E-state index in [0.717, 1.165) is 44.1 Å². The lowest BCUT2D eigenvalue weighted by molar-refractivity contribution is 0.182. The fourth-order valence-corrected chi connectivity index (χ4v) is 2.61. The minimum atomic E-state index is 0.517. The maximum Gasteiger partial charge on any atom is 0.122 e. The van der Waals surface area contributed by atoms with Gasteiger partial charge in [0.1, 0.15) is 11.5 Å². The lowest BCUT2D eigenvalue weighted by Gasteiger charge is -2.33. The third kappa shape index (κ3) is 3.61. The second kappa shape index (κ2) is 6.78. The maximum absolute atomic E-state index is 5.45. The standard InChI is InChI=1S/C15H24N2O2/c1-12(17-8-6-16-7-9-17)10-13-11-14(18-2)4-5-15(13)19-3/h4-5,11-12,16H,6-10H2,1-3H3. The van der Waals surface area contributed by atoms with Crippen molar-refractivity contribution < 1.29 is 9.47 Å². The molecule has 4 nitrogen and oxygen atoms in total. The molecule has 19 heavy (non-hydrogen) atoms. The van der Waals surface area contributed by atoms with E-state index in [1.54, 1.807) is 14.2 Å². The molecular formula is C15H24N2O2. The van der Waals surface area contributed by atoms with Gasteiger partial charge < -0.3 is 14.8 Å². The summed E-state index contributed by atoms with van der Waals surface area (Å²) < 4.78 is 10.7. The molecule has 1 aromatic carbocycles. The summed E-state index contributed by atoms with van der Waals surface area (Å²) >= 11 is 0. The molecule has 2 rings (SSSR count). The Hall–Kier alpha value is -1.26. The Labute approximate surface area is 115 Å². The van der Waals surface area contributed by atoms with E-state index in [1.165, 1.54) is 5.56 Å². The summed E-state index contributed by atoms with van der Waals surface area (Å²) in [5, 5.41) is 3.39. The first-order valence-corrected chi connectivity index (χ1v) is 6.90. The Kier molecular flexibility index (Phi) is 5.05. The van der Waals surface area contributed by atoms with Crippen LogP contribution in [0.1, 0.15) is 12.5 Å². The smallest absolute Gasteiger partial charge is 0.122 e. The zero-order valence-electron chi connectivity index (χ0n) is 12.1. The largest absolute Gasteiger partial charge is 0.497 e. The Morgan fingerprint density at radius 1 is 1.21 bits per heavy atom. The first-order chi connectivity index (χ1) is 9.24. The zero-order chi connectivity index (χ0) is 13.7.